The molecule has 0 fully saturated rings. The Morgan fingerprint density at radius 3 is 2.59 bits per heavy atom. The maximum atomic E-state index is 12.6. The van der Waals surface area contributed by atoms with Crippen molar-refractivity contribution in [2.24, 2.45) is 0 Å². The number of rotatable bonds is 6. The number of anilines is 1. The summed E-state index contributed by atoms with van der Waals surface area (Å²) in [6.07, 6.45) is -5.55. The van der Waals surface area contributed by atoms with Crippen LogP contribution in [-0.4, -0.2) is 30.4 Å². The van der Waals surface area contributed by atoms with Crippen LogP contribution in [0.5, 0.6) is 5.75 Å². The van der Waals surface area contributed by atoms with Gasteiger partial charge >= 0.3 is 12.2 Å². The fraction of sp³-hybridized carbons (Fsp3) is 0.316. The summed E-state index contributed by atoms with van der Waals surface area (Å²) in [6, 6.07) is 9.43. The molecule has 3 N–H and O–H groups in total. The summed E-state index contributed by atoms with van der Waals surface area (Å²) in [7, 11) is 0. The van der Waals surface area contributed by atoms with Gasteiger partial charge < -0.3 is 20.5 Å². The molecule has 0 saturated carbocycles. The van der Waals surface area contributed by atoms with E-state index in [4.69, 9.17) is 4.74 Å². The highest BCUT2D eigenvalue weighted by atomic mass is 19.4. The molecule has 0 unspecified atom stereocenters. The van der Waals surface area contributed by atoms with Crippen molar-refractivity contribution in [1.82, 2.24) is 5.32 Å². The second-order valence-corrected chi connectivity index (χ2v) is 6.14. The summed E-state index contributed by atoms with van der Waals surface area (Å²) in [5, 5.41) is 15.0. The van der Waals surface area contributed by atoms with E-state index in [2.05, 4.69) is 10.6 Å². The first kappa shape index (κ1) is 20.6. The van der Waals surface area contributed by atoms with E-state index in [1.807, 2.05) is 26.0 Å². The molecule has 2 rings (SSSR count). The van der Waals surface area contributed by atoms with Gasteiger partial charge in [-0.1, -0.05) is 23.8 Å². The molecule has 0 spiro atoms. The fourth-order valence-electron chi connectivity index (χ4n) is 2.34. The van der Waals surface area contributed by atoms with Gasteiger partial charge in [0.05, 0.1) is 5.56 Å². The molecule has 0 aliphatic carbocycles. The Morgan fingerprint density at radius 1 is 1.19 bits per heavy atom. The molecule has 0 aliphatic rings. The van der Waals surface area contributed by atoms with Gasteiger partial charge in [-0.15, -0.1) is 0 Å². The SMILES string of the molecule is Cc1ccc(NC(=O)NC[C@H](O)COc2cccc(C(F)(F)F)c2)c(C)c1. The smallest absolute Gasteiger partial charge is 0.416 e. The largest absolute Gasteiger partial charge is 0.491 e. The first-order valence-electron chi connectivity index (χ1n) is 8.25. The standard InChI is InChI=1S/C19H21F3N2O3/c1-12-6-7-17(13(2)8-12)24-18(26)23-10-15(25)11-27-16-5-3-4-14(9-16)19(20,21)22/h3-9,15,25H,10-11H2,1-2H3,(H2,23,24,26)/t15-/m0/s1. The molecule has 0 heterocycles. The number of benzene rings is 2. The average Bonchev–Trinajstić information content (AvgIpc) is 2.60. The lowest BCUT2D eigenvalue weighted by Crippen LogP contribution is -2.37. The molecule has 2 amide bonds. The van der Waals surface area contributed by atoms with Crippen LogP contribution in [0.2, 0.25) is 0 Å². The Hall–Kier alpha value is -2.74. The van der Waals surface area contributed by atoms with Crippen molar-refractivity contribution in [3.63, 3.8) is 0 Å². The van der Waals surface area contributed by atoms with E-state index in [-0.39, 0.29) is 18.9 Å². The van der Waals surface area contributed by atoms with Gasteiger partial charge in [-0.3, -0.25) is 0 Å². The first-order valence-corrected chi connectivity index (χ1v) is 8.25. The highest BCUT2D eigenvalue weighted by Crippen LogP contribution is 2.31. The molecular weight excluding hydrogens is 361 g/mol. The second-order valence-electron chi connectivity index (χ2n) is 6.14. The summed E-state index contributed by atoms with van der Waals surface area (Å²) in [6.45, 7) is 3.43. The predicted octanol–water partition coefficient (Wildman–Crippen LogP) is 3.88. The molecule has 8 heteroatoms. The van der Waals surface area contributed by atoms with Crippen molar-refractivity contribution < 1.29 is 27.8 Å². The maximum absolute atomic E-state index is 12.6. The zero-order chi connectivity index (χ0) is 20.0. The molecule has 27 heavy (non-hydrogen) atoms. The molecule has 0 saturated heterocycles. The number of nitrogens with one attached hydrogen (secondary N) is 2. The van der Waals surface area contributed by atoms with Crippen LogP contribution in [-0.2, 0) is 6.18 Å². The highest BCUT2D eigenvalue weighted by molar-refractivity contribution is 5.90. The number of alkyl halides is 3. The van der Waals surface area contributed by atoms with Crippen LogP contribution in [0, 0.1) is 13.8 Å². The zero-order valence-corrected chi connectivity index (χ0v) is 14.9. The number of halogens is 3. The van der Waals surface area contributed by atoms with Crippen molar-refractivity contribution in [3.8, 4) is 5.75 Å². The van der Waals surface area contributed by atoms with Gasteiger partial charge in [0, 0.05) is 12.2 Å². The van der Waals surface area contributed by atoms with E-state index in [0.717, 1.165) is 23.3 Å². The number of aryl methyl sites for hydroxylation is 2. The number of ether oxygens (including phenoxy) is 1. The number of aliphatic hydroxyl groups is 1. The van der Waals surface area contributed by atoms with Gasteiger partial charge in [0.15, 0.2) is 0 Å². The predicted molar refractivity (Wildman–Crippen MR) is 95.9 cm³/mol. The minimum atomic E-state index is -4.47. The molecule has 0 aliphatic heterocycles. The molecule has 0 bridgehead atoms. The van der Waals surface area contributed by atoms with Crippen LogP contribution < -0.4 is 15.4 Å². The average molecular weight is 382 g/mol. The van der Waals surface area contributed by atoms with Crippen LogP contribution in [0.4, 0.5) is 23.7 Å². The lowest BCUT2D eigenvalue weighted by Gasteiger charge is -2.15. The van der Waals surface area contributed by atoms with Crippen molar-refractivity contribution >= 4 is 11.7 Å². The maximum Gasteiger partial charge on any atom is 0.416 e. The molecular formula is C19H21F3N2O3. The monoisotopic (exact) mass is 382 g/mol. The number of amides is 2. The zero-order valence-electron chi connectivity index (χ0n) is 14.9. The lowest BCUT2D eigenvalue weighted by molar-refractivity contribution is -0.137. The first-order chi connectivity index (χ1) is 12.6. The Bertz CT molecular complexity index is 794. The number of hydrogen-bond acceptors (Lipinski definition) is 3. The van der Waals surface area contributed by atoms with E-state index in [9.17, 15) is 23.1 Å². The Morgan fingerprint density at radius 2 is 1.93 bits per heavy atom. The van der Waals surface area contributed by atoms with Crippen molar-refractivity contribution in [3.05, 3.63) is 59.2 Å². The Kier molecular flexibility index (Phi) is 6.68. The van der Waals surface area contributed by atoms with Crippen LogP contribution >= 0.6 is 0 Å². The molecule has 2 aromatic rings. The van der Waals surface area contributed by atoms with Gasteiger partial charge in [0.2, 0.25) is 0 Å². The summed E-state index contributed by atoms with van der Waals surface area (Å²) < 4.78 is 43.1. The van der Waals surface area contributed by atoms with E-state index >= 15 is 0 Å². The van der Waals surface area contributed by atoms with E-state index < -0.39 is 23.9 Å². The second kappa shape index (κ2) is 8.77. The van der Waals surface area contributed by atoms with Gasteiger partial charge in [0.1, 0.15) is 18.5 Å². The summed E-state index contributed by atoms with van der Waals surface area (Å²) in [5.41, 5.74) is 1.78. The van der Waals surface area contributed by atoms with E-state index in [1.165, 1.54) is 12.1 Å². The lowest BCUT2D eigenvalue weighted by atomic mass is 10.1. The summed E-state index contributed by atoms with van der Waals surface area (Å²) in [4.78, 5) is 11.9. The van der Waals surface area contributed by atoms with Crippen molar-refractivity contribution in [1.29, 1.82) is 0 Å². The third-order valence-electron chi connectivity index (χ3n) is 3.73. The minimum absolute atomic E-state index is 0.0105. The van der Waals surface area contributed by atoms with Crippen LogP contribution in [0.15, 0.2) is 42.5 Å². The minimum Gasteiger partial charge on any atom is -0.491 e. The molecule has 5 nitrogen and oxygen atoms in total. The van der Waals surface area contributed by atoms with Crippen molar-refractivity contribution in [2.75, 3.05) is 18.5 Å². The fourth-order valence-corrected chi connectivity index (χ4v) is 2.34. The molecule has 0 radical (unpaired) electrons. The number of carbonyl (C=O) groups is 1. The third-order valence-corrected chi connectivity index (χ3v) is 3.73. The van der Waals surface area contributed by atoms with Crippen LogP contribution in [0.25, 0.3) is 0 Å². The number of hydrogen-bond donors (Lipinski definition) is 3. The van der Waals surface area contributed by atoms with E-state index in [1.54, 1.807) is 6.07 Å². The number of urea groups is 1. The number of aliphatic hydroxyl groups excluding tert-OH is 1. The van der Waals surface area contributed by atoms with Gasteiger partial charge in [-0.25, -0.2) is 4.79 Å². The summed E-state index contributed by atoms with van der Waals surface area (Å²) in [5.74, 6) is -0.0105. The highest BCUT2D eigenvalue weighted by Gasteiger charge is 2.30. The Labute approximate surface area is 155 Å². The topological polar surface area (TPSA) is 70.6 Å². The molecule has 2 aromatic carbocycles. The van der Waals surface area contributed by atoms with Crippen LogP contribution in [0.3, 0.4) is 0 Å². The normalized spacial score (nSPS) is 12.4. The quantitative estimate of drug-likeness (QED) is 0.710. The Balaban J connectivity index is 1.79. The summed E-state index contributed by atoms with van der Waals surface area (Å²) >= 11 is 0. The molecule has 0 aromatic heterocycles. The van der Waals surface area contributed by atoms with Crippen LogP contribution in [0.1, 0.15) is 16.7 Å². The number of carbonyl (C=O) groups excluding carboxylic acids is 1. The third kappa shape index (κ3) is 6.49. The van der Waals surface area contributed by atoms with Gasteiger partial charge in [0.25, 0.3) is 0 Å². The van der Waals surface area contributed by atoms with E-state index in [0.29, 0.717) is 5.69 Å². The van der Waals surface area contributed by atoms with Gasteiger partial charge in [-0.2, -0.15) is 13.2 Å². The molecule has 146 valence electrons. The molecule has 1 atom stereocenters. The van der Waals surface area contributed by atoms with Crippen molar-refractivity contribution in [2.45, 2.75) is 26.1 Å². The van der Waals surface area contributed by atoms with Gasteiger partial charge in [-0.05, 0) is 43.7 Å².